The molecule has 0 spiro atoms. The van der Waals surface area contributed by atoms with Crippen molar-refractivity contribution >= 4 is 17.7 Å². The molecule has 0 bridgehead atoms. The van der Waals surface area contributed by atoms with E-state index in [1.807, 2.05) is 0 Å². The lowest BCUT2D eigenvalue weighted by Crippen LogP contribution is -2.46. The lowest BCUT2D eigenvalue weighted by atomic mass is 10.1. The summed E-state index contributed by atoms with van der Waals surface area (Å²) in [6.45, 7) is 2.08. The van der Waals surface area contributed by atoms with E-state index in [0.29, 0.717) is 11.1 Å². The van der Waals surface area contributed by atoms with Gasteiger partial charge in [0.1, 0.15) is 11.9 Å². The average molecular weight is 371 g/mol. The Balaban J connectivity index is 1.65. The van der Waals surface area contributed by atoms with E-state index < -0.39 is 6.04 Å². The van der Waals surface area contributed by atoms with Gasteiger partial charge in [-0.3, -0.25) is 14.4 Å². The molecule has 0 aliphatic heterocycles. The molecule has 0 radical (unpaired) electrons. The van der Waals surface area contributed by atoms with Crippen LogP contribution in [0.5, 0.6) is 0 Å². The topological polar surface area (TPSA) is 87.3 Å². The number of hydrogen-bond acceptors (Lipinski definition) is 3. The lowest BCUT2D eigenvalue weighted by Gasteiger charge is -2.14. The van der Waals surface area contributed by atoms with Crippen molar-refractivity contribution in [2.75, 3.05) is 13.1 Å². The molecule has 27 heavy (non-hydrogen) atoms. The van der Waals surface area contributed by atoms with Gasteiger partial charge in [0.05, 0.1) is 6.42 Å². The largest absolute Gasteiger partial charge is 0.354 e. The number of hydrogen-bond donors (Lipinski definition) is 3. The summed E-state index contributed by atoms with van der Waals surface area (Å²) in [5.74, 6) is -1.24. The Hall–Kier alpha value is -3.22. The van der Waals surface area contributed by atoms with Crippen LogP contribution >= 0.6 is 0 Å². The second-order valence-electron chi connectivity index (χ2n) is 6.01. The third kappa shape index (κ3) is 6.89. The molecule has 0 aromatic heterocycles. The fourth-order valence-corrected chi connectivity index (χ4v) is 2.33. The van der Waals surface area contributed by atoms with Crippen LogP contribution in [0.1, 0.15) is 22.8 Å². The highest BCUT2D eigenvalue weighted by molar-refractivity contribution is 5.97. The lowest BCUT2D eigenvalue weighted by molar-refractivity contribution is -0.123. The van der Waals surface area contributed by atoms with Crippen molar-refractivity contribution in [1.29, 1.82) is 0 Å². The average Bonchev–Trinajstić information content (AvgIpc) is 2.67. The Morgan fingerprint density at radius 3 is 2.22 bits per heavy atom. The maximum absolute atomic E-state index is 12.8. The number of carbonyl (C=O) groups is 3. The Morgan fingerprint density at radius 2 is 1.56 bits per heavy atom. The van der Waals surface area contributed by atoms with Gasteiger partial charge in [0.15, 0.2) is 0 Å². The summed E-state index contributed by atoms with van der Waals surface area (Å²) in [6, 6.07) is 13.6. The van der Waals surface area contributed by atoms with Gasteiger partial charge >= 0.3 is 0 Å². The van der Waals surface area contributed by atoms with Gasteiger partial charge in [-0.1, -0.05) is 30.3 Å². The first-order valence-electron chi connectivity index (χ1n) is 8.60. The van der Waals surface area contributed by atoms with E-state index in [2.05, 4.69) is 16.0 Å². The molecular weight excluding hydrogens is 349 g/mol. The molecule has 0 fully saturated rings. The molecule has 0 saturated carbocycles. The number of amides is 3. The summed E-state index contributed by atoms with van der Waals surface area (Å²) >= 11 is 0. The van der Waals surface area contributed by atoms with Crippen LogP contribution in [0.3, 0.4) is 0 Å². The van der Waals surface area contributed by atoms with Crippen molar-refractivity contribution in [3.63, 3.8) is 0 Å². The third-order valence-electron chi connectivity index (χ3n) is 3.80. The van der Waals surface area contributed by atoms with E-state index >= 15 is 0 Å². The molecule has 0 aliphatic rings. The zero-order valence-electron chi connectivity index (χ0n) is 15.0. The first-order valence-corrected chi connectivity index (χ1v) is 8.60. The zero-order chi connectivity index (χ0) is 19.6. The van der Waals surface area contributed by atoms with Crippen LogP contribution in [0, 0.1) is 5.82 Å². The van der Waals surface area contributed by atoms with Crippen LogP contribution in [-0.2, 0) is 16.0 Å². The third-order valence-corrected chi connectivity index (χ3v) is 3.80. The first-order chi connectivity index (χ1) is 13.0. The summed E-state index contributed by atoms with van der Waals surface area (Å²) < 4.78 is 12.8. The van der Waals surface area contributed by atoms with Crippen molar-refractivity contribution in [2.24, 2.45) is 0 Å². The van der Waals surface area contributed by atoms with Crippen molar-refractivity contribution in [1.82, 2.24) is 16.0 Å². The highest BCUT2D eigenvalue weighted by Crippen LogP contribution is 2.03. The number of benzene rings is 2. The van der Waals surface area contributed by atoms with Crippen LogP contribution in [0.25, 0.3) is 0 Å². The first kappa shape index (κ1) is 20.1. The van der Waals surface area contributed by atoms with E-state index in [4.69, 9.17) is 0 Å². The van der Waals surface area contributed by atoms with E-state index in [0.717, 1.165) is 0 Å². The van der Waals surface area contributed by atoms with Crippen molar-refractivity contribution in [3.8, 4) is 0 Å². The van der Waals surface area contributed by atoms with Crippen molar-refractivity contribution < 1.29 is 18.8 Å². The molecule has 1 unspecified atom stereocenters. The molecule has 2 aromatic rings. The molecule has 7 heteroatoms. The molecule has 3 N–H and O–H groups in total. The number of carbonyl (C=O) groups excluding carboxylic acids is 3. The molecule has 2 aromatic carbocycles. The summed E-state index contributed by atoms with van der Waals surface area (Å²) in [5, 5.41) is 7.93. The predicted molar refractivity (Wildman–Crippen MR) is 99.5 cm³/mol. The molecule has 142 valence electrons. The van der Waals surface area contributed by atoms with Gasteiger partial charge in [0.2, 0.25) is 11.8 Å². The zero-order valence-corrected chi connectivity index (χ0v) is 15.0. The van der Waals surface area contributed by atoms with Gasteiger partial charge in [-0.15, -0.1) is 0 Å². The highest BCUT2D eigenvalue weighted by atomic mass is 19.1. The van der Waals surface area contributed by atoms with Crippen molar-refractivity contribution in [3.05, 3.63) is 71.5 Å². The predicted octanol–water partition coefficient (Wildman–Crippen LogP) is 1.42. The maximum atomic E-state index is 12.8. The van der Waals surface area contributed by atoms with Gasteiger partial charge in [-0.2, -0.15) is 0 Å². The minimum atomic E-state index is -0.701. The standard InChI is InChI=1S/C20H22FN3O3/c1-14(24-20(27)16-5-3-2-4-6-16)19(26)23-12-11-22-18(25)13-15-7-9-17(21)10-8-15/h2-10,14H,11-13H2,1H3,(H,22,25)(H,23,26)(H,24,27). The molecule has 0 saturated heterocycles. The van der Waals surface area contributed by atoms with Gasteiger partial charge < -0.3 is 16.0 Å². The number of nitrogens with one attached hydrogen (secondary N) is 3. The van der Waals surface area contributed by atoms with E-state index in [-0.39, 0.29) is 43.0 Å². The Kier molecular flexibility index (Phi) is 7.49. The molecule has 0 heterocycles. The fraction of sp³-hybridized carbons (Fsp3) is 0.250. The molecule has 0 aliphatic carbocycles. The second kappa shape index (κ2) is 10.1. The smallest absolute Gasteiger partial charge is 0.251 e. The fourth-order valence-electron chi connectivity index (χ4n) is 2.33. The van der Waals surface area contributed by atoms with E-state index in [9.17, 15) is 18.8 Å². The Labute approximate surface area is 157 Å². The Morgan fingerprint density at radius 1 is 0.926 bits per heavy atom. The van der Waals surface area contributed by atoms with Crippen LogP contribution in [0.15, 0.2) is 54.6 Å². The normalized spacial score (nSPS) is 11.3. The molecule has 6 nitrogen and oxygen atoms in total. The minimum Gasteiger partial charge on any atom is -0.354 e. The SMILES string of the molecule is CC(NC(=O)c1ccccc1)C(=O)NCCNC(=O)Cc1ccc(F)cc1. The monoisotopic (exact) mass is 371 g/mol. The maximum Gasteiger partial charge on any atom is 0.251 e. The highest BCUT2D eigenvalue weighted by Gasteiger charge is 2.16. The summed E-state index contributed by atoms with van der Waals surface area (Å²) in [7, 11) is 0. The Bertz CT molecular complexity index is 779. The van der Waals surface area contributed by atoms with Crippen LogP contribution < -0.4 is 16.0 Å². The van der Waals surface area contributed by atoms with E-state index in [1.54, 1.807) is 49.4 Å². The number of halogens is 1. The van der Waals surface area contributed by atoms with Crippen LogP contribution in [0.2, 0.25) is 0 Å². The van der Waals surface area contributed by atoms with Crippen LogP contribution in [0.4, 0.5) is 4.39 Å². The summed E-state index contributed by atoms with van der Waals surface area (Å²) in [6.07, 6.45) is 0.137. The van der Waals surface area contributed by atoms with Gasteiger partial charge in [0, 0.05) is 18.7 Å². The number of rotatable bonds is 8. The quantitative estimate of drug-likeness (QED) is 0.614. The molecule has 2 rings (SSSR count). The van der Waals surface area contributed by atoms with Crippen molar-refractivity contribution in [2.45, 2.75) is 19.4 Å². The summed E-state index contributed by atoms with van der Waals surface area (Å²) in [5.41, 5.74) is 1.18. The van der Waals surface area contributed by atoms with Gasteiger partial charge in [-0.25, -0.2) is 4.39 Å². The molecule has 1 atom stereocenters. The molecular formula is C20H22FN3O3. The van der Waals surface area contributed by atoms with Gasteiger partial charge in [-0.05, 0) is 36.8 Å². The minimum absolute atomic E-state index is 0.137. The van der Waals surface area contributed by atoms with Gasteiger partial charge in [0.25, 0.3) is 5.91 Å². The summed E-state index contributed by atoms with van der Waals surface area (Å²) in [4.78, 5) is 35.8. The molecule has 3 amide bonds. The van der Waals surface area contributed by atoms with Crippen LogP contribution in [-0.4, -0.2) is 36.9 Å². The van der Waals surface area contributed by atoms with E-state index in [1.165, 1.54) is 12.1 Å². The second-order valence-corrected chi connectivity index (χ2v) is 6.01.